The molecule has 1 unspecified atom stereocenters. The molecule has 0 saturated heterocycles. The number of nitrogens with one attached hydrogen (secondary N) is 1. The molecule has 0 aromatic heterocycles. The van der Waals surface area contributed by atoms with Crippen LogP contribution in [-0.4, -0.2) is 28.7 Å². The van der Waals surface area contributed by atoms with Crippen LogP contribution in [0.25, 0.3) is 0 Å². The quantitative estimate of drug-likeness (QED) is 0.439. The van der Waals surface area contributed by atoms with Crippen molar-refractivity contribution in [2.75, 3.05) is 6.54 Å². The van der Waals surface area contributed by atoms with E-state index in [1.165, 1.54) is 17.7 Å². The van der Waals surface area contributed by atoms with Crippen LogP contribution in [0, 0.1) is 11.6 Å². The maximum absolute atomic E-state index is 13.9. The molecule has 1 aliphatic rings. The van der Waals surface area contributed by atoms with E-state index in [1.807, 2.05) is 47.4 Å². The molecule has 34 heavy (non-hydrogen) atoms. The monoisotopic (exact) mass is 464 g/mol. The van der Waals surface area contributed by atoms with Gasteiger partial charge in [0.25, 0.3) is 0 Å². The molecular formula is C28H30F2N2O2. The van der Waals surface area contributed by atoms with E-state index >= 15 is 0 Å². The van der Waals surface area contributed by atoms with E-state index in [4.69, 9.17) is 4.74 Å². The summed E-state index contributed by atoms with van der Waals surface area (Å²) in [4.78, 5) is 1.92. The lowest BCUT2D eigenvalue weighted by molar-refractivity contribution is -0.0150. The molecule has 0 saturated carbocycles. The van der Waals surface area contributed by atoms with Gasteiger partial charge in [-0.05, 0) is 41.7 Å². The fraction of sp³-hybridized carbons (Fsp3) is 0.286. The van der Waals surface area contributed by atoms with Gasteiger partial charge >= 0.3 is 0 Å². The summed E-state index contributed by atoms with van der Waals surface area (Å²) >= 11 is 0. The summed E-state index contributed by atoms with van der Waals surface area (Å²) in [6, 6.07) is 21.0. The molecule has 0 spiro atoms. The Morgan fingerprint density at radius 3 is 2.41 bits per heavy atom. The van der Waals surface area contributed by atoms with Crippen molar-refractivity contribution in [3.05, 3.63) is 119 Å². The average Bonchev–Trinajstić information content (AvgIpc) is 3.32. The van der Waals surface area contributed by atoms with E-state index in [0.717, 1.165) is 23.6 Å². The van der Waals surface area contributed by atoms with Crippen LogP contribution in [0.5, 0.6) is 0 Å². The molecule has 0 amide bonds. The number of aliphatic hydroxyl groups excluding tert-OH is 1. The maximum Gasteiger partial charge on any atom is 0.198 e. The summed E-state index contributed by atoms with van der Waals surface area (Å²) < 4.78 is 33.6. The van der Waals surface area contributed by atoms with E-state index in [0.29, 0.717) is 18.7 Å². The topological polar surface area (TPSA) is 44.7 Å². The molecule has 0 aliphatic carbocycles. The predicted octanol–water partition coefficient (Wildman–Crippen LogP) is 5.09. The highest BCUT2D eigenvalue weighted by Gasteiger charge is 2.33. The van der Waals surface area contributed by atoms with Gasteiger partial charge in [-0.25, -0.2) is 8.78 Å². The lowest BCUT2D eigenvalue weighted by Crippen LogP contribution is -2.47. The Hall–Kier alpha value is -3.22. The van der Waals surface area contributed by atoms with Crippen molar-refractivity contribution in [3.63, 3.8) is 0 Å². The van der Waals surface area contributed by atoms with Crippen LogP contribution in [0.2, 0.25) is 0 Å². The van der Waals surface area contributed by atoms with Crippen LogP contribution in [0.3, 0.4) is 0 Å². The van der Waals surface area contributed by atoms with E-state index in [2.05, 4.69) is 24.4 Å². The lowest BCUT2D eigenvalue weighted by atomic mass is 9.98. The third kappa shape index (κ3) is 6.01. The Morgan fingerprint density at radius 2 is 1.68 bits per heavy atom. The SMILES string of the molecule is CCc1cccc(CNC[C@@H](O)[C@H](Cc2cc(F)cc(F)c2)N2C=COC2c2ccccc2)c1. The van der Waals surface area contributed by atoms with E-state index in [-0.39, 0.29) is 6.42 Å². The van der Waals surface area contributed by atoms with Crippen molar-refractivity contribution in [2.24, 2.45) is 0 Å². The van der Waals surface area contributed by atoms with Crippen molar-refractivity contribution in [1.82, 2.24) is 10.2 Å². The third-order valence-electron chi connectivity index (χ3n) is 6.07. The van der Waals surface area contributed by atoms with E-state index in [1.54, 1.807) is 12.5 Å². The highest BCUT2D eigenvalue weighted by atomic mass is 19.1. The second-order valence-electron chi connectivity index (χ2n) is 8.55. The summed E-state index contributed by atoms with van der Waals surface area (Å²) in [6.45, 7) is 3.04. The van der Waals surface area contributed by atoms with Gasteiger partial charge in [-0.2, -0.15) is 0 Å². The molecule has 178 valence electrons. The highest BCUT2D eigenvalue weighted by Crippen LogP contribution is 2.32. The number of ether oxygens (including phenoxy) is 1. The van der Waals surface area contributed by atoms with Gasteiger partial charge in [-0.3, -0.25) is 0 Å². The smallest absolute Gasteiger partial charge is 0.198 e. The molecule has 3 aromatic carbocycles. The number of hydrogen-bond acceptors (Lipinski definition) is 4. The molecule has 0 radical (unpaired) electrons. The van der Waals surface area contributed by atoms with Gasteiger partial charge in [-0.1, -0.05) is 61.5 Å². The van der Waals surface area contributed by atoms with Crippen molar-refractivity contribution < 1.29 is 18.6 Å². The minimum atomic E-state index is -0.821. The Labute approximate surface area is 199 Å². The minimum Gasteiger partial charge on any atom is -0.472 e. The summed E-state index contributed by atoms with van der Waals surface area (Å²) in [5.74, 6) is -1.27. The zero-order valence-electron chi connectivity index (χ0n) is 19.2. The number of rotatable bonds is 10. The Morgan fingerprint density at radius 1 is 0.941 bits per heavy atom. The summed E-state index contributed by atoms with van der Waals surface area (Å²) in [6.07, 6.45) is 3.34. The number of aliphatic hydroxyl groups is 1. The van der Waals surface area contributed by atoms with Gasteiger partial charge in [0, 0.05) is 30.9 Å². The first-order chi connectivity index (χ1) is 16.5. The molecule has 0 bridgehead atoms. The molecule has 1 heterocycles. The Kier molecular flexibility index (Phi) is 7.93. The number of aryl methyl sites for hydroxylation is 1. The first-order valence-electron chi connectivity index (χ1n) is 11.6. The normalized spacial score (nSPS) is 16.9. The molecule has 4 rings (SSSR count). The summed E-state index contributed by atoms with van der Waals surface area (Å²) in [7, 11) is 0. The molecule has 3 atom stereocenters. The maximum atomic E-state index is 13.9. The predicted molar refractivity (Wildman–Crippen MR) is 129 cm³/mol. The third-order valence-corrected chi connectivity index (χ3v) is 6.07. The van der Waals surface area contributed by atoms with Crippen LogP contribution in [-0.2, 0) is 24.1 Å². The van der Waals surface area contributed by atoms with Gasteiger partial charge < -0.3 is 20.1 Å². The highest BCUT2D eigenvalue weighted by molar-refractivity contribution is 5.24. The Balaban J connectivity index is 1.52. The zero-order chi connectivity index (χ0) is 23.9. The van der Waals surface area contributed by atoms with E-state index < -0.39 is 30.0 Å². The molecule has 6 heteroatoms. The average molecular weight is 465 g/mol. The molecule has 0 fully saturated rings. The molecule has 4 nitrogen and oxygen atoms in total. The number of benzene rings is 3. The van der Waals surface area contributed by atoms with Crippen LogP contribution < -0.4 is 5.32 Å². The molecule has 3 aromatic rings. The van der Waals surface area contributed by atoms with Gasteiger partial charge in [-0.15, -0.1) is 0 Å². The van der Waals surface area contributed by atoms with Crippen molar-refractivity contribution in [2.45, 2.75) is 44.7 Å². The zero-order valence-corrected chi connectivity index (χ0v) is 19.2. The molecule has 2 N–H and O–H groups in total. The van der Waals surface area contributed by atoms with Crippen molar-refractivity contribution >= 4 is 0 Å². The van der Waals surface area contributed by atoms with E-state index in [9.17, 15) is 13.9 Å². The van der Waals surface area contributed by atoms with Crippen molar-refractivity contribution in [1.29, 1.82) is 0 Å². The first-order valence-corrected chi connectivity index (χ1v) is 11.6. The lowest BCUT2D eigenvalue weighted by Gasteiger charge is -2.36. The van der Waals surface area contributed by atoms with Gasteiger partial charge in [0.05, 0.1) is 12.1 Å². The second-order valence-corrected chi connectivity index (χ2v) is 8.55. The number of hydrogen-bond donors (Lipinski definition) is 2. The summed E-state index contributed by atoms with van der Waals surface area (Å²) in [5, 5.41) is 14.6. The number of halogens is 2. The summed E-state index contributed by atoms with van der Waals surface area (Å²) in [5.41, 5.74) is 3.81. The molecular weight excluding hydrogens is 434 g/mol. The van der Waals surface area contributed by atoms with Gasteiger partial charge in [0.1, 0.15) is 17.9 Å². The largest absolute Gasteiger partial charge is 0.472 e. The van der Waals surface area contributed by atoms with Crippen molar-refractivity contribution in [3.8, 4) is 0 Å². The standard InChI is InChI=1S/C28H30F2N2O2/c1-2-20-7-6-8-21(13-20)18-31-19-27(33)26(16-22-14-24(29)17-25(30)15-22)32-11-12-34-28(32)23-9-4-3-5-10-23/h3-15,17,26-28,31,33H,2,16,18-19H2,1H3/t26-,27+,28?/m0/s1. The van der Waals surface area contributed by atoms with Crippen LogP contribution in [0.4, 0.5) is 8.78 Å². The second kappa shape index (κ2) is 11.3. The minimum absolute atomic E-state index is 0.250. The Bertz CT molecular complexity index is 1090. The fourth-order valence-electron chi connectivity index (χ4n) is 4.35. The van der Waals surface area contributed by atoms with Crippen LogP contribution >= 0.6 is 0 Å². The fourth-order valence-corrected chi connectivity index (χ4v) is 4.35. The first kappa shape index (κ1) is 23.9. The van der Waals surface area contributed by atoms with Crippen LogP contribution in [0.15, 0.2) is 85.3 Å². The van der Waals surface area contributed by atoms with Gasteiger partial charge in [0.15, 0.2) is 6.23 Å². The van der Waals surface area contributed by atoms with Gasteiger partial charge in [0.2, 0.25) is 0 Å². The molecule has 1 aliphatic heterocycles. The van der Waals surface area contributed by atoms with Crippen LogP contribution in [0.1, 0.15) is 35.4 Å². The number of nitrogens with zero attached hydrogens (tertiary/aromatic N) is 1.